The minimum atomic E-state index is 0.0181. The molecule has 17 heavy (non-hydrogen) atoms. The van der Waals surface area contributed by atoms with Crippen LogP contribution in [0, 0.1) is 5.92 Å². The Morgan fingerprint density at radius 2 is 2.12 bits per heavy atom. The minimum Gasteiger partial charge on any atom is -0.382 e. The lowest BCUT2D eigenvalue weighted by molar-refractivity contribution is -0.125. The zero-order valence-electron chi connectivity index (χ0n) is 10.9. The summed E-state index contributed by atoms with van der Waals surface area (Å²) in [5.41, 5.74) is 6.05. The number of hydrogen-bond acceptors (Lipinski definition) is 3. The van der Waals surface area contributed by atoms with Gasteiger partial charge in [-0.1, -0.05) is 19.3 Å². The highest BCUT2D eigenvalue weighted by Gasteiger charge is 2.26. The third-order valence-corrected chi connectivity index (χ3v) is 3.37. The SMILES string of the molecule is CCOCCCNC(=O)C1CCCCCC1N. The predicted octanol–water partition coefficient (Wildman–Crippen LogP) is 1.44. The monoisotopic (exact) mass is 242 g/mol. The Morgan fingerprint density at radius 3 is 2.88 bits per heavy atom. The molecular weight excluding hydrogens is 216 g/mol. The molecule has 1 saturated carbocycles. The van der Waals surface area contributed by atoms with Crippen molar-refractivity contribution >= 4 is 5.91 Å². The number of carbonyl (C=O) groups is 1. The molecule has 100 valence electrons. The van der Waals surface area contributed by atoms with Crippen LogP contribution in [-0.2, 0) is 9.53 Å². The van der Waals surface area contributed by atoms with Gasteiger partial charge >= 0.3 is 0 Å². The topological polar surface area (TPSA) is 64.3 Å². The average molecular weight is 242 g/mol. The molecule has 2 atom stereocenters. The molecule has 0 aromatic heterocycles. The molecule has 4 nitrogen and oxygen atoms in total. The van der Waals surface area contributed by atoms with E-state index < -0.39 is 0 Å². The van der Waals surface area contributed by atoms with E-state index in [1.54, 1.807) is 0 Å². The first kappa shape index (κ1) is 14.5. The van der Waals surface area contributed by atoms with Crippen LogP contribution < -0.4 is 11.1 Å². The Balaban J connectivity index is 2.20. The summed E-state index contributed by atoms with van der Waals surface area (Å²) in [6.07, 6.45) is 6.30. The number of nitrogens with one attached hydrogen (secondary N) is 1. The van der Waals surface area contributed by atoms with Gasteiger partial charge in [0.2, 0.25) is 5.91 Å². The number of amides is 1. The van der Waals surface area contributed by atoms with Crippen molar-refractivity contribution in [2.45, 2.75) is 51.5 Å². The summed E-state index contributed by atoms with van der Waals surface area (Å²) in [7, 11) is 0. The molecule has 1 aliphatic carbocycles. The summed E-state index contributed by atoms with van der Waals surface area (Å²) in [6.45, 7) is 4.13. The Morgan fingerprint density at radius 1 is 1.35 bits per heavy atom. The molecular formula is C13H26N2O2. The van der Waals surface area contributed by atoms with E-state index in [0.29, 0.717) is 13.2 Å². The predicted molar refractivity (Wildman–Crippen MR) is 68.7 cm³/mol. The summed E-state index contributed by atoms with van der Waals surface area (Å²) < 4.78 is 5.23. The van der Waals surface area contributed by atoms with Crippen molar-refractivity contribution in [1.82, 2.24) is 5.32 Å². The van der Waals surface area contributed by atoms with Gasteiger partial charge < -0.3 is 15.8 Å². The first-order valence-electron chi connectivity index (χ1n) is 6.86. The third kappa shape index (κ3) is 5.50. The largest absolute Gasteiger partial charge is 0.382 e. The maximum atomic E-state index is 12.0. The summed E-state index contributed by atoms with van der Waals surface area (Å²) in [4.78, 5) is 12.0. The van der Waals surface area contributed by atoms with Crippen LogP contribution in [0.2, 0.25) is 0 Å². The lowest BCUT2D eigenvalue weighted by Crippen LogP contribution is -2.41. The molecule has 0 aromatic carbocycles. The fraction of sp³-hybridized carbons (Fsp3) is 0.923. The molecule has 3 N–H and O–H groups in total. The second-order valence-corrected chi connectivity index (χ2v) is 4.75. The van der Waals surface area contributed by atoms with Crippen LogP contribution in [0.3, 0.4) is 0 Å². The first-order chi connectivity index (χ1) is 8.25. The van der Waals surface area contributed by atoms with E-state index >= 15 is 0 Å². The van der Waals surface area contributed by atoms with Crippen LogP contribution in [0.25, 0.3) is 0 Å². The van der Waals surface area contributed by atoms with E-state index in [4.69, 9.17) is 10.5 Å². The average Bonchev–Trinajstić information content (AvgIpc) is 2.53. The number of hydrogen-bond donors (Lipinski definition) is 2. The molecule has 0 aromatic rings. The van der Waals surface area contributed by atoms with Gasteiger partial charge in [0.1, 0.15) is 0 Å². The Hall–Kier alpha value is -0.610. The highest BCUT2D eigenvalue weighted by atomic mass is 16.5. The highest BCUT2D eigenvalue weighted by Crippen LogP contribution is 2.22. The standard InChI is InChI=1S/C13H26N2O2/c1-2-17-10-6-9-15-13(16)11-7-4-3-5-8-12(11)14/h11-12H,2-10,14H2,1H3,(H,15,16). The molecule has 4 heteroatoms. The maximum absolute atomic E-state index is 12.0. The number of carbonyl (C=O) groups excluding carboxylic acids is 1. The Labute approximate surface area is 104 Å². The van der Waals surface area contributed by atoms with E-state index in [-0.39, 0.29) is 17.9 Å². The first-order valence-corrected chi connectivity index (χ1v) is 6.86. The zero-order chi connectivity index (χ0) is 12.5. The van der Waals surface area contributed by atoms with Crippen LogP contribution >= 0.6 is 0 Å². The van der Waals surface area contributed by atoms with E-state index in [0.717, 1.165) is 38.7 Å². The van der Waals surface area contributed by atoms with Gasteiger partial charge in [-0.25, -0.2) is 0 Å². The molecule has 1 rings (SSSR count). The Kier molecular flexibility index (Phi) is 7.21. The van der Waals surface area contributed by atoms with Gasteiger partial charge in [0, 0.05) is 25.8 Å². The maximum Gasteiger partial charge on any atom is 0.224 e. The second-order valence-electron chi connectivity index (χ2n) is 4.75. The molecule has 0 bridgehead atoms. The van der Waals surface area contributed by atoms with Gasteiger partial charge in [0.25, 0.3) is 0 Å². The molecule has 1 amide bonds. The third-order valence-electron chi connectivity index (χ3n) is 3.37. The summed E-state index contributed by atoms with van der Waals surface area (Å²) in [5, 5.41) is 2.97. The number of nitrogens with two attached hydrogens (primary N) is 1. The van der Waals surface area contributed by atoms with Gasteiger partial charge in [0.15, 0.2) is 0 Å². The van der Waals surface area contributed by atoms with Gasteiger partial charge in [-0.15, -0.1) is 0 Å². The lowest BCUT2D eigenvalue weighted by Gasteiger charge is -2.20. The molecule has 0 radical (unpaired) electrons. The molecule has 0 aliphatic heterocycles. The molecule has 0 spiro atoms. The molecule has 1 aliphatic rings. The van der Waals surface area contributed by atoms with Gasteiger partial charge in [0.05, 0.1) is 5.92 Å². The van der Waals surface area contributed by atoms with Crippen molar-refractivity contribution in [1.29, 1.82) is 0 Å². The lowest BCUT2D eigenvalue weighted by atomic mass is 9.94. The number of rotatable bonds is 6. The van der Waals surface area contributed by atoms with Gasteiger partial charge in [-0.05, 0) is 26.2 Å². The summed E-state index contributed by atoms with van der Waals surface area (Å²) in [6, 6.07) is 0.0457. The molecule has 0 saturated heterocycles. The van der Waals surface area contributed by atoms with Crippen LogP contribution in [0.1, 0.15) is 45.4 Å². The van der Waals surface area contributed by atoms with Crippen molar-refractivity contribution in [2.75, 3.05) is 19.8 Å². The zero-order valence-corrected chi connectivity index (χ0v) is 10.9. The number of ether oxygens (including phenoxy) is 1. The van der Waals surface area contributed by atoms with Crippen molar-refractivity contribution < 1.29 is 9.53 Å². The second kappa shape index (κ2) is 8.48. The van der Waals surface area contributed by atoms with Crippen LogP contribution in [-0.4, -0.2) is 31.7 Å². The normalized spacial score (nSPS) is 25.3. The molecule has 0 heterocycles. The fourth-order valence-corrected chi connectivity index (χ4v) is 2.32. The Bertz CT molecular complexity index is 221. The van der Waals surface area contributed by atoms with Crippen molar-refractivity contribution in [3.63, 3.8) is 0 Å². The van der Waals surface area contributed by atoms with Crippen LogP contribution in [0.15, 0.2) is 0 Å². The van der Waals surface area contributed by atoms with Crippen LogP contribution in [0.4, 0.5) is 0 Å². The smallest absolute Gasteiger partial charge is 0.224 e. The van der Waals surface area contributed by atoms with Crippen LogP contribution in [0.5, 0.6) is 0 Å². The van der Waals surface area contributed by atoms with Crippen molar-refractivity contribution in [3.8, 4) is 0 Å². The van der Waals surface area contributed by atoms with E-state index in [1.807, 2.05) is 6.92 Å². The van der Waals surface area contributed by atoms with Gasteiger partial charge in [-0.2, -0.15) is 0 Å². The summed E-state index contributed by atoms with van der Waals surface area (Å²) >= 11 is 0. The minimum absolute atomic E-state index is 0.0181. The quantitative estimate of drug-likeness (QED) is 0.547. The van der Waals surface area contributed by atoms with E-state index in [1.165, 1.54) is 6.42 Å². The van der Waals surface area contributed by atoms with Gasteiger partial charge in [-0.3, -0.25) is 4.79 Å². The molecule has 2 unspecified atom stereocenters. The molecule has 1 fully saturated rings. The highest BCUT2D eigenvalue weighted by molar-refractivity contribution is 5.79. The van der Waals surface area contributed by atoms with E-state index in [2.05, 4.69) is 5.32 Å². The fourth-order valence-electron chi connectivity index (χ4n) is 2.32. The summed E-state index contributed by atoms with van der Waals surface area (Å²) in [5.74, 6) is 0.153. The van der Waals surface area contributed by atoms with E-state index in [9.17, 15) is 4.79 Å². The van der Waals surface area contributed by atoms with Crippen molar-refractivity contribution in [3.05, 3.63) is 0 Å². The van der Waals surface area contributed by atoms with Crippen molar-refractivity contribution in [2.24, 2.45) is 11.7 Å².